The van der Waals surface area contributed by atoms with Crippen molar-refractivity contribution in [3.63, 3.8) is 0 Å². The maximum Gasteiger partial charge on any atom is 0.255 e. The van der Waals surface area contributed by atoms with E-state index in [9.17, 15) is 9.59 Å². The van der Waals surface area contributed by atoms with E-state index in [1.165, 1.54) is 0 Å². The minimum atomic E-state index is -0.264. The number of benzene rings is 2. The molecule has 0 unspecified atom stereocenters. The summed E-state index contributed by atoms with van der Waals surface area (Å²) in [5.41, 5.74) is 2.35. The van der Waals surface area contributed by atoms with E-state index in [4.69, 9.17) is 4.74 Å². The van der Waals surface area contributed by atoms with Gasteiger partial charge in [-0.15, -0.1) is 0 Å². The number of carbonyl (C=O) groups is 2. The van der Waals surface area contributed by atoms with E-state index >= 15 is 0 Å². The Kier molecular flexibility index (Phi) is 6.82. The summed E-state index contributed by atoms with van der Waals surface area (Å²) in [5, 5.41) is 5.77. The molecule has 0 bridgehead atoms. The number of carbonyl (C=O) groups excluding carboxylic acids is 2. The average molecular weight is 369 g/mol. The molecule has 0 spiro atoms. The molecule has 0 saturated heterocycles. The number of hydrogen-bond donors (Lipinski definition) is 2. The van der Waals surface area contributed by atoms with Crippen molar-refractivity contribution in [3.8, 4) is 5.75 Å². The molecule has 144 valence electrons. The molecular weight excluding hydrogens is 342 g/mol. The number of rotatable bonds is 7. The minimum Gasteiger partial charge on any atom is -0.497 e. The number of anilines is 2. The van der Waals surface area contributed by atoms with Crippen LogP contribution < -0.4 is 20.3 Å². The van der Waals surface area contributed by atoms with Gasteiger partial charge in [0.1, 0.15) is 5.75 Å². The van der Waals surface area contributed by atoms with Crippen LogP contribution in [0.5, 0.6) is 5.75 Å². The molecule has 2 aromatic rings. The highest BCUT2D eigenvalue weighted by molar-refractivity contribution is 6.06. The largest absolute Gasteiger partial charge is 0.497 e. The lowest BCUT2D eigenvalue weighted by molar-refractivity contribution is 0.0948. The van der Waals surface area contributed by atoms with Gasteiger partial charge < -0.3 is 20.3 Å². The fourth-order valence-corrected chi connectivity index (χ4v) is 2.55. The highest BCUT2D eigenvalue weighted by Gasteiger charge is 2.15. The first-order chi connectivity index (χ1) is 12.8. The number of nitrogens with one attached hydrogen (secondary N) is 2. The summed E-state index contributed by atoms with van der Waals surface area (Å²) in [6, 6.07) is 12.2. The van der Waals surface area contributed by atoms with E-state index in [-0.39, 0.29) is 11.8 Å². The first kappa shape index (κ1) is 20.3. The highest BCUT2D eigenvalue weighted by atomic mass is 16.5. The van der Waals surface area contributed by atoms with Crippen LogP contribution in [0.25, 0.3) is 0 Å². The number of nitrogens with zero attached hydrogens (tertiary/aromatic N) is 1. The highest BCUT2D eigenvalue weighted by Crippen LogP contribution is 2.24. The number of hydrogen-bond acceptors (Lipinski definition) is 4. The smallest absolute Gasteiger partial charge is 0.255 e. The third-order valence-electron chi connectivity index (χ3n) is 3.98. The molecule has 2 aromatic carbocycles. The Morgan fingerprint density at radius 1 is 1.07 bits per heavy atom. The maximum atomic E-state index is 12.6. The molecule has 0 aliphatic heterocycles. The molecule has 0 aromatic heterocycles. The number of ether oxygens (including phenoxy) is 1. The van der Waals surface area contributed by atoms with Gasteiger partial charge in [0.05, 0.1) is 12.7 Å². The van der Waals surface area contributed by atoms with Gasteiger partial charge in [0.25, 0.3) is 11.8 Å². The molecule has 2 N–H and O–H groups in total. The van der Waals surface area contributed by atoms with Crippen LogP contribution >= 0.6 is 0 Å². The van der Waals surface area contributed by atoms with Crippen LogP contribution in [-0.4, -0.2) is 39.6 Å². The second-order valence-electron chi connectivity index (χ2n) is 6.92. The lowest BCUT2D eigenvalue weighted by Crippen LogP contribution is -2.29. The Hall–Kier alpha value is -3.02. The SMILES string of the molecule is COc1cccc(C(=O)Nc2ccc(N(C)C)c(C(=O)NCC(C)C)c2)c1. The van der Waals surface area contributed by atoms with Gasteiger partial charge in [-0.3, -0.25) is 9.59 Å². The Balaban J connectivity index is 2.25. The normalized spacial score (nSPS) is 10.4. The van der Waals surface area contributed by atoms with Crippen molar-refractivity contribution in [1.82, 2.24) is 5.32 Å². The Morgan fingerprint density at radius 3 is 2.44 bits per heavy atom. The summed E-state index contributed by atoms with van der Waals surface area (Å²) in [6.45, 7) is 4.67. The topological polar surface area (TPSA) is 70.7 Å². The standard InChI is InChI=1S/C21H27N3O3/c1-14(2)13-22-21(26)18-12-16(9-10-19(18)24(3)4)23-20(25)15-7-6-8-17(11-15)27-5/h6-12,14H,13H2,1-5H3,(H,22,26)(H,23,25). The zero-order valence-electron chi connectivity index (χ0n) is 16.5. The summed E-state index contributed by atoms with van der Waals surface area (Å²) in [6.07, 6.45) is 0. The van der Waals surface area contributed by atoms with Crippen molar-refractivity contribution < 1.29 is 14.3 Å². The summed E-state index contributed by atoms with van der Waals surface area (Å²) in [7, 11) is 5.31. The van der Waals surface area contributed by atoms with Gasteiger partial charge in [0, 0.05) is 37.6 Å². The fourth-order valence-electron chi connectivity index (χ4n) is 2.55. The quantitative estimate of drug-likeness (QED) is 0.785. The molecule has 2 rings (SSSR count). The first-order valence-electron chi connectivity index (χ1n) is 8.86. The molecule has 0 aliphatic carbocycles. The summed E-state index contributed by atoms with van der Waals surface area (Å²) >= 11 is 0. The van der Waals surface area contributed by atoms with Gasteiger partial charge >= 0.3 is 0 Å². The second kappa shape index (κ2) is 9.07. The second-order valence-corrected chi connectivity index (χ2v) is 6.92. The molecule has 6 heteroatoms. The monoisotopic (exact) mass is 369 g/mol. The summed E-state index contributed by atoms with van der Waals surface area (Å²) < 4.78 is 5.16. The Morgan fingerprint density at radius 2 is 1.81 bits per heavy atom. The number of amides is 2. The van der Waals surface area contributed by atoms with Crippen molar-refractivity contribution in [2.24, 2.45) is 5.92 Å². The molecule has 0 aliphatic rings. The van der Waals surface area contributed by atoms with E-state index < -0.39 is 0 Å². The number of methoxy groups -OCH3 is 1. The maximum absolute atomic E-state index is 12.6. The predicted molar refractivity (Wildman–Crippen MR) is 109 cm³/mol. The fraction of sp³-hybridized carbons (Fsp3) is 0.333. The predicted octanol–water partition coefficient (Wildman–Crippen LogP) is 3.40. The van der Waals surface area contributed by atoms with E-state index in [1.807, 2.05) is 38.9 Å². The van der Waals surface area contributed by atoms with Gasteiger partial charge in [-0.25, -0.2) is 0 Å². The van der Waals surface area contributed by atoms with Crippen LogP contribution in [0.4, 0.5) is 11.4 Å². The molecule has 0 atom stereocenters. The lowest BCUT2D eigenvalue weighted by Gasteiger charge is -2.19. The van der Waals surface area contributed by atoms with Crippen molar-refractivity contribution in [2.75, 3.05) is 38.0 Å². The Labute approximate surface area is 160 Å². The summed E-state index contributed by atoms with van der Waals surface area (Å²) in [5.74, 6) is 0.539. The molecular formula is C21H27N3O3. The molecule has 0 saturated carbocycles. The average Bonchev–Trinajstić information content (AvgIpc) is 2.65. The summed E-state index contributed by atoms with van der Waals surface area (Å²) in [4.78, 5) is 27.0. The zero-order valence-corrected chi connectivity index (χ0v) is 16.5. The van der Waals surface area contributed by atoms with Crippen LogP contribution in [0.3, 0.4) is 0 Å². The lowest BCUT2D eigenvalue weighted by atomic mass is 10.1. The van der Waals surface area contributed by atoms with Gasteiger partial charge in [-0.05, 0) is 42.3 Å². The minimum absolute atomic E-state index is 0.162. The zero-order chi connectivity index (χ0) is 20.0. The van der Waals surface area contributed by atoms with Crippen LogP contribution in [0.15, 0.2) is 42.5 Å². The van der Waals surface area contributed by atoms with Crippen molar-refractivity contribution in [3.05, 3.63) is 53.6 Å². The van der Waals surface area contributed by atoms with Gasteiger partial charge in [-0.2, -0.15) is 0 Å². The van der Waals surface area contributed by atoms with Crippen molar-refractivity contribution >= 4 is 23.2 Å². The van der Waals surface area contributed by atoms with E-state index in [1.54, 1.807) is 43.5 Å². The molecule has 6 nitrogen and oxygen atoms in total. The van der Waals surface area contributed by atoms with Crippen LogP contribution in [-0.2, 0) is 0 Å². The first-order valence-corrected chi connectivity index (χ1v) is 8.86. The van der Waals surface area contributed by atoms with E-state index in [0.29, 0.717) is 35.0 Å². The van der Waals surface area contributed by atoms with Crippen LogP contribution in [0.1, 0.15) is 34.6 Å². The Bertz CT molecular complexity index is 816. The molecule has 27 heavy (non-hydrogen) atoms. The molecule has 2 amide bonds. The van der Waals surface area contributed by atoms with Crippen LogP contribution in [0, 0.1) is 5.92 Å². The van der Waals surface area contributed by atoms with Crippen molar-refractivity contribution in [1.29, 1.82) is 0 Å². The third kappa shape index (κ3) is 5.48. The van der Waals surface area contributed by atoms with E-state index in [0.717, 1.165) is 5.69 Å². The molecule has 0 radical (unpaired) electrons. The van der Waals surface area contributed by atoms with Gasteiger partial charge in [0.15, 0.2) is 0 Å². The van der Waals surface area contributed by atoms with Crippen molar-refractivity contribution in [2.45, 2.75) is 13.8 Å². The van der Waals surface area contributed by atoms with Gasteiger partial charge in [-0.1, -0.05) is 19.9 Å². The van der Waals surface area contributed by atoms with Gasteiger partial charge in [0.2, 0.25) is 0 Å². The third-order valence-corrected chi connectivity index (χ3v) is 3.98. The van der Waals surface area contributed by atoms with E-state index in [2.05, 4.69) is 10.6 Å². The molecule has 0 heterocycles. The van der Waals surface area contributed by atoms with Crippen LogP contribution in [0.2, 0.25) is 0 Å². The molecule has 0 fully saturated rings.